The highest BCUT2D eigenvalue weighted by Crippen LogP contribution is 1.92. The van der Waals surface area contributed by atoms with E-state index in [9.17, 15) is 5.11 Å². The van der Waals surface area contributed by atoms with Gasteiger partial charge in [-0.05, 0) is 13.5 Å². The number of hydrogen-bond donors (Lipinski definition) is 0. The second-order valence-electron chi connectivity index (χ2n) is 1.51. The summed E-state index contributed by atoms with van der Waals surface area (Å²) in [5, 5.41) is 10.5. The third-order valence-corrected chi connectivity index (χ3v) is 0.759. The van der Waals surface area contributed by atoms with Gasteiger partial charge in [0.15, 0.2) is 0 Å². The Hall–Kier alpha value is -0.790. The van der Waals surface area contributed by atoms with Crippen LogP contribution in [0.5, 0.6) is 0 Å². The second kappa shape index (κ2) is 5.35. The molecule has 0 heterocycles. The van der Waals surface area contributed by atoms with Gasteiger partial charge in [0, 0.05) is 12.4 Å². The van der Waals surface area contributed by atoms with Crippen LogP contribution in [0.1, 0.15) is 12.8 Å². The van der Waals surface area contributed by atoms with Crippen LogP contribution in [-0.2, 0) is 4.74 Å². The van der Waals surface area contributed by atoms with Crippen molar-refractivity contribution in [3.8, 4) is 0 Å². The first-order valence-electron chi connectivity index (χ1n) is 2.89. The van der Waals surface area contributed by atoms with Crippen LogP contribution in [0.2, 0.25) is 0 Å². The molecule has 0 saturated heterocycles. The maximum absolute atomic E-state index is 10.5. The SMILES string of the molecule is [CH2]COC([O-])=CCC[CH2+]. The van der Waals surface area contributed by atoms with Crippen molar-refractivity contribution in [1.29, 1.82) is 0 Å². The summed E-state index contributed by atoms with van der Waals surface area (Å²) in [5.41, 5.74) is 0. The number of allylic oxidation sites excluding steroid dienone is 1. The summed E-state index contributed by atoms with van der Waals surface area (Å²) in [6.45, 7) is 7.12. The van der Waals surface area contributed by atoms with Crippen molar-refractivity contribution in [2.45, 2.75) is 12.8 Å². The standard InChI is InChI=1S/C7H11O2/c1-3-5-6-7(8)9-4-2/h6H,1-5H2. The molecule has 0 atom stereocenters. The van der Waals surface area contributed by atoms with Gasteiger partial charge in [0.1, 0.15) is 0 Å². The summed E-state index contributed by atoms with van der Waals surface area (Å²) in [6, 6.07) is 0. The number of ether oxygens (including phenoxy) is 1. The van der Waals surface area contributed by atoms with E-state index in [4.69, 9.17) is 0 Å². The lowest BCUT2D eigenvalue weighted by atomic mass is 10.3. The van der Waals surface area contributed by atoms with E-state index >= 15 is 0 Å². The van der Waals surface area contributed by atoms with E-state index in [1.807, 2.05) is 0 Å². The summed E-state index contributed by atoms with van der Waals surface area (Å²) >= 11 is 0. The van der Waals surface area contributed by atoms with Crippen LogP contribution in [0.3, 0.4) is 0 Å². The molecular weight excluding hydrogens is 116 g/mol. The van der Waals surface area contributed by atoms with Gasteiger partial charge in [-0.1, -0.05) is 6.08 Å². The van der Waals surface area contributed by atoms with Crippen molar-refractivity contribution in [3.63, 3.8) is 0 Å². The van der Waals surface area contributed by atoms with E-state index in [-0.39, 0.29) is 12.6 Å². The maximum atomic E-state index is 10.5. The van der Waals surface area contributed by atoms with Gasteiger partial charge in [0.2, 0.25) is 0 Å². The third-order valence-electron chi connectivity index (χ3n) is 0.759. The zero-order chi connectivity index (χ0) is 7.11. The van der Waals surface area contributed by atoms with Crippen LogP contribution in [0, 0.1) is 13.8 Å². The smallest absolute Gasteiger partial charge is 0.0885 e. The van der Waals surface area contributed by atoms with E-state index in [0.717, 1.165) is 6.42 Å². The number of hydrogen-bond acceptors (Lipinski definition) is 2. The van der Waals surface area contributed by atoms with E-state index in [1.165, 1.54) is 6.08 Å². The molecule has 51 valence electrons. The molecule has 0 amide bonds. The first kappa shape index (κ1) is 8.21. The Bertz CT molecular complexity index is 86.9. The molecule has 0 aliphatic carbocycles. The normalized spacial score (nSPS) is 11.4. The van der Waals surface area contributed by atoms with Crippen LogP contribution >= 0.6 is 0 Å². The Morgan fingerprint density at radius 2 is 2.44 bits per heavy atom. The van der Waals surface area contributed by atoms with Gasteiger partial charge in [-0.15, -0.1) is 0 Å². The Balaban J connectivity index is 3.30. The van der Waals surface area contributed by atoms with Crippen molar-refractivity contribution < 1.29 is 9.84 Å². The molecule has 2 heteroatoms. The van der Waals surface area contributed by atoms with Crippen molar-refractivity contribution in [1.82, 2.24) is 0 Å². The van der Waals surface area contributed by atoms with E-state index in [1.54, 1.807) is 0 Å². The lowest BCUT2D eigenvalue weighted by Crippen LogP contribution is -2.07. The minimum absolute atomic E-state index is 0.201. The van der Waals surface area contributed by atoms with Gasteiger partial charge >= 0.3 is 0 Å². The highest BCUT2D eigenvalue weighted by atomic mass is 16.6. The molecule has 0 rings (SSSR count). The molecule has 0 N–H and O–H groups in total. The lowest BCUT2D eigenvalue weighted by molar-refractivity contribution is -0.356. The highest BCUT2D eigenvalue weighted by Gasteiger charge is 1.79. The van der Waals surface area contributed by atoms with Crippen LogP contribution in [0.15, 0.2) is 12.0 Å². The predicted molar refractivity (Wildman–Crippen MR) is 34.0 cm³/mol. The van der Waals surface area contributed by atoms with Crippen LogP contribution in [0.4, 0.5) is 0 Å². The van der Waals surface area contributed by atoms with Gasteiger partial charge in [-0.25, -0.2) is 0 Å². The quantitative estimate of drug-likeness (QED) is 0.410. The second-order valence-corrected chi connectivity index (χ2v) is 1.51. The fourth-order valence-corrected chi connectivity index (χ4v) is 0.379. The van der Waals surface area contributed by atoms with Gasteiger partial charge in [-0.2, -0.15) is 0 Å². The molecule has 0 aromatic carbocycles. The minimum atomic E-state index is -0.298. The average Bonchev–Trinajstić information content (AvgIpc) is 1.85. The Labute approximate surface area is 56.1 Å². The molecule has 9 heavy (non-hydrogen) atoms. The first-order valence-corrected chi connectivity index (χ1v) is 2.89. The Kier molecular flexibility index (Phi) is 4.88. The summed E-state index contributed by atoms with van der Waals surface area (Å²) in [6.07, 6.45) is 2.88. The molecule has 0 aliphatic heterocycles. The molecule has 0 unspecified atom stereocenters. The summed E-state index contributed by atoms with van der Waals surface area (Å²) in [4.78, 5) is 0. The van der Waals surface area contributed by atoms with Crippen molar-refractivity contribution >= 4 is 0 Å². The fourth-order valence-electron chi connectivity index (χ4n) is 0.379. The lowest BCUT2D eigenvalue weighted by Gasteiger charge is -2.10. The third kappa shape index (κ3) is 5.07. The van der Waals surface area contributed by atoms with E-state index < -0.39 is 0 Å². The van der Waals surface area contributed by atoms with Crippen LogP contribution < -0.4 is 5.11 Å². The molecule has 0 bridgehead atoms. The molecule has 0 aromatic rings. The molecule has 2 nitrogen and oxygen atoms in total. The van der Waals surface area contributed by atoms with Gasteiger partial charge in [0.05, 0.1) is 13.3 Å². The molecule has 0 aliphatic rings. The zero-order valence-corrected chi connectivity index (χ0v) is 5.43. The van der Waals surface area contributed by atoms with E-state index in [0.29, 0.717) is 6.42 Å². The average molecular weight is 127 g/mol. The van der Waals surface area contributed by atoms with Crippen LogP contribution in [0.25, 0.3) is 0 Å². The van der Waals surface area contributed by atoms with Crippen molar-refractivity contribution in [2.75, 3.05) is 6.61 Å². The van der Waals surface area contributed by atoms with Gasteiger partial charge < -0.3 is 9.84 Å². The summed E-state index contributed by atoms with van der Waals surface area (Å²) in [5.74, 6) is -0.298. The first-order chi connectivity index (χ1) is 4.31. The largest absolute Gasteiger partial charge is 0.613 e. The molecule has 0 fully saturated rings. The topological polar surface area (TPSA) is 32.3 Å². The minimum Gasteiger partial charge on any atom is -0.613 e. The van der Waals surface area contributed by atoms with Crippen molar-refractivity contribution in [3.05, 3.63) is 25.9 Å². The molecule has 0 spiro atoms. The molecule has 0 aromatic heterocycles. The van der Waals surface area contributed by atoms with Gasteiger partial charge in [0.25, 0.3) is 0 Å². The number of rotatable bonds is 4. The monoisotopic (exact) mass is 127 g/mol. The predicted octanol–water partition coefficient (Wildman–Crippen LogP) is 0.653. The summed E-state index contributed by atoms with van der Waals surface area (Å²) in [7, 11) is 0. The number of unbranched alkanes of at least 4 members (excludes halogenated alkanes) is 1. The van der Waals surface area contributed by atoms with E-state index in [2.05, 4.69) is 18.6 Å². The fraction of sp³-hybridized carbons (Fsp3) is 0.429. The molecule has 1 radical (unpaired) electrons. The molecule has 0 saturated carbocycles. The summed E-state index contributed by atoms with van der Waals surface area (Å²) < 4.78 is 4.51. The molecular formula is C7H11O2. The Morgan fingerprint density at radius 3 is 2.89 bits per heavy atom. The zero-order valence-electron chi connectivity index (χ0n) is 5.43. The van der Waals surface area contributed by atoms with Crippen molar-refractivity contribution in [2.24, 2.45) is 0 Å². The Morgan fingerprint density at radius 1 is 1.78 bits per heavy atom. The van der Waals surface area contributed by atoms with Crippen LogP contribution in [-0.4, -0.2) is 6.61 Å². The van der Waals surface area contributed by atoms with Gasteiger partial charge in [-0.3, -0.25) is 0 Å². The highest BCUT2D eigenvalue weighted by molar-refractivity contribution is 4.79. The maximum Gasteiger partial charge on any atom is 0.0885 e.